The van der Waals surface area contributed by atoms with Gasteiger partial charge in [0.25, 0.3) is 0 Å². The summed E-state index contributed by atoms with van der Waals surface area (Å²) in [7, 11) is 0. The molecular formula is C57H96O27. The molecule has 84 heavy (non-hydrogen) atoms. The van der Waals surface area contributed by atoms with Gasteiger partial charge in [-0.2, -0.15) is 0 Å². The summed E-state index contributed by atoms with van der Waals surface area (Å²) in [6.07, 6.45) is -34.4. The minimum Gasteiger partial charge on any atom is -0.394 e. The summed E-state index contributed by atoms with van der Waals surface area (Å²) in [5.41, 5.74) is -0.445. The largest absolute Gasteiger partial charge is 0.394 e. The van der Waals surface area contributed by atoms with E-state index in [4.69, 9.17) is 52.1 Å². The molecule has 0 amide bonds. The van der Waals surface area contributed by atoms with Gasteiger partial charge in [-0.25, -0.2) is 0 Å². The predicted molar refractivity (Wildman–Crippen MR) is 281 cm³/mol. The van der Waals surface area contributed by atoms with Gasteiger partial charge in [0.1, 0.15) is 104 Å². The Kier molecular flexibility index (Phi) is 20.0. The molecule has 27 heteroatoms. The fourth-order valence-electron chi connectivity index (χ4n) is 17.0. The molecule has 0 aromatic rings. The number of ether oxygens (including phenoxy) is 11. The van der Waals surface area contributed by atoms with Gasteiger partial charge in [0, 0.05) is 12.3 Å². The van der Waals surface area contributed by atoms with Crippen molar-refractivity contribution in [3.63, 3.8) is 0 Å². The molecule has 0 unspecified atom stereocenters. The van der Waals surface area contributed by atoms with E-state index in [1.54, 1.807) is 0 Å². The van der Waals surface area contributed by atoms with E-state index in [1.165, 1.54) is 20.8 Å². The van der Waals surface area contributed by atoms with E-state index in [-0.39, 0.29) is 53.1 Å². The van der Waals surface area contributed by atoms with Gasteiger partial charge in [-0.15, -0.1) is 0 Å². The molecule has 486 valence electrons. The highest BCUT2D eigenvalue weighted by Crippen LogP contribution is 2.71. The second kappa shape index (κ2) is 25.5. The molecule has 10 rings (SSSR count). The van der Waals surface area contributed by atoms with Crippen LogP contribution in [0.4, 0.5) is 0 Å². The molecule has 10 fully saturated rings. The zero-order chi connectivity index (χ0) is 61.0. The van der Waals surface area contributed by atoms with Crippen LogP contribution in [0.3, 0.4) is 0 Å². The molecule has 10 aliphatic rings. The van der Waals surface area contributed by atoms with Crippen LogP contribution in [0.25, 0.3) is 0 Å². The third kappa shape index (κ3) is 11.8. The third-order valence-electron chi connectivity index (χ3n) is 22.1. The number of aliphatic hydroxyl groups excluding tert-OH is 15. The van der Waals surface area contributed by atoms with Crippen LogP contribution in [0.2, 0.25) is 0 Å². The Labute approximate surface area is 488 Å². The summed E-state index contributed by atoms with van der Waals surface area (Å²) >= 11 is 0. The number of hydrogen-bond acceptors (Lipinski definition) is 27. The summed E-state index contributed by atoms with van der Waals surface area (Å²) in [6, 6.07) is 0. The average Bonchev–Trinajstić information content (AvgIpc) is 2.60. The number of rotatable bonds is 16. The van der Waals surface area contributed by atoms with Crippen molar-refractivity contribution in [1.82, 2.24) is 0 Å². The van der Waals surface area contributed by atoms with Gasteiger partial charge in [-0.05, 0) is 118 Å². The highest BCUT2D eigenvalue weighted by atomic mass is 16.8. The number of hydrogen-bond donors (Lipinski definition) is 16. The molecule has 0 bridgehead atoms. The van der Waals surface area contributed by atoms with Gasteiger partial charge >= 0.3 is 0 Å². The SMILES string of the molecule is C[C@@H](CC[C@@]1(O)O[C@H]2C[C@H]3[C@@H]4CC[C@H]5C[C@@H](O[C@@H]6O[C@H](CO)[C@@H](O[C@@H]7O[C@@H](C)[C@H](O[C@@H]8O[C@@H](C)[C@H](O)[C@@H](O)[C@H]8O)[C@@H](O)[C@H]7O)[C@H](O)[C@H]6O[C@@H]6O[C@@H](C)[C@H](O)[C@@H](O)[C@H]6O)[C@H](O)C[C@]5(C)[C@H]4CC[C@]3(C)[C@H]2[C@@H]1C)CO[C@@H]1O[C@H](CO)[C@@H](O)[C@H](O)[C@H]1O. The minimum atomic E-state index is -1.91. The Balaban J connectivity index is 0.785. The number of aliphatic hydroxyl groups is 16. The van der Waals surface area contributed by atoms with E-state index in [0.29, 0.717) is 37.5 Å². The summed E-state index contributed by atoms with van der Waals surface area (Å²) in [6.45, 7) is 11.7. The standard InChI is InChI=1S/C57H96O27/c1-20(19-74-50-42(68)40(66)37(63)32(17-58)79-50)10-13-57(73)21(2)34-31(84-57)15-28-26-9-8-25-14-30(29(60)16-56(25,7)27(26)11-12-55(28,34)6)78-54-49(83-52-44(70)39(65)36(62)23(4)76-52)46(72)48(33(18-59)80-54)82-53-45(71)41(67)47(24(5)77-53)81-51-43(69)38(64)35(61)22(3)75-51/h20-54,58-73H,8-19H2,1-7H3/t20-,21-,22-,23-,24-,25-,26+,27-,28-,29+,30+,31-,32+,33+,34-,35-,36-,37+,38+,39+,40-,41-,42+,43+,44+,45+,46-,47-,48+,49+,50+,51-,52-,53-,54+,55-,56-,57+/m0/s1. The highest BCUT2D eigenvalue weighted by molar-refractivity contribution is 5.16. The first-order valence-corrected chi connectivity index (χ1v) is 30.5. The molecule has 38 atom stereocenters. The highest BCUT2D eigenvalue weighted by Gasteiger charge is 2.69. The molecule has 4 saturated carbocycles. The third-order valence-corrected chi connectivity index (χ3v) is 22.1. The van der Waals surface area contributed by atoms with Crippen LogP contribution in [0.1, 0.15) is 106 Å². The molecule has 6 heterocycles. The zero-order valence-electron chi connectivity index (χ0n) is 48.8. The first-order valence-electron chi connectivity index (χ1n) is 30.5. The maximum absolute atomic E-state index is 12.3. The van der Waals surface area contributed by atoms with Gasteiger partial charge in [-0.3, -0.25) is 0 Å². The molecule has 6 saturated heterocycles. The molecule has 0 radical (unpaired) electrons. The van der Waals surface area contributed by atoms with Crippen molar-refractivity contribution < 1.29 is 134 Å². The number of fused-ring (bicyclic) bond motifs is 7. The second-order valence-corrected chi connectivity index (χ2v) is 27.2. The van der Waals surface area contributed by atoms with E-state index in [0.717, 1.165) is 32.1 Å². The van der Waals surface area contributed by atoms with Crippen molar-refractivity contribution in [1.29, 1.82) is 0 Å². The van der Waals surface area contributed by atoms with Crippen LogP contribution in [-0.4, -0.2) is 279 Å². The summed E-state index contributed by atoms with van der Waals surface area (Å²) in [4.78, 5) is 0. The fraction of sp³-hybridized carbons (Fsp3) is 1.00. The van der Waals surface area contributed by atoms with E-state index in [9.17, 15) is 81.7 Å². The van der Waals surface area contributed by atoms with Crippen molar-refractivity contribution in [2.45, 2.75) is 284 Å². The minimum absolute atomic E-state index is 0.0714. The Morgan fingerprint density at radius 3 is 1.68 bits per heavy atom. The fourth-order valence-corrected chi connectivity index (χ4v) is 17.0. The zero-order valence-corrected chi connectivity index (χ0v) is 48.8. The Hall–Kier alpha value is -1.08. The summed E-state index contributed by atoms with van der Waals surface area (Å²) < 4.78 is 66.5. The molecule has 16 N–H and O–H groups in total. The molecule has 27 nitrogen and oxygen atoms in total. The van der Waals surface area contributed by atoms with Crippen LogP contribution in [-0.2, 0) is 52.1 Å². The lowest BCUT2D eigenvalue weighted by molar-refractivity contribution is -0.396. The molecule has 0 spiro atoms. The lowest BCUT2D eigenvalue weighted by Gasteiger charge is -2.62. The van der Waals surface area contributed by atoms with Crippen molar-refractivity contribution in [2.24, 2.45) is 52.3 Å². The molecule has 0 aromatic carbocycles. The first kappa shape index (κ1) is 65.9. The molecule has 4 aliphatic carbocycles. The predicted octanol–water partition coefficient (Wildman–Crippen LogP) is -4.08. The monoisotopic (exact) mass is 1210 g/mol. The van der Waals surface area contributed by atoms with Gasteiger partial charge in [0.05, 0.1) is 56.4 Å². The van der Waals surface area contributed by atoms with Crippen LogP contribution < -0.4 is 0 Å². The van der Waals surface area contributed by atoms with Crippen molar-refractivity contribution in [3.8, 4) is 0 Å². The molecule has 0 aromatic heterocycles. The Morgan fingerprint density at radius 2 is 1.06 bits per heavy atom. The van der Waals surface area contributed by atoms with Crippen molar-refractivity contribution in [3.05, 3.63) is 0 Å². The van der Waals surface area contributed by atoms with Crippen LogP contribution >= 0.6 is 0 Å². The van der Waals surface area contributed by atoms with Crippen LogP contribution in [0.15, 0.2) is 0 Å². The van der Waals surface area contributed by atoms with Gasteiger partial charge in [-0.1, -0.05) is 27.7 Å². The van der Waals surface area contributed by atoms with Crippen LogP contribution in [0, 0.1) is 52.3 Å². The topological polar surface area (TPSA) is 425 Å². The van der Waals surface area contributed by atoms with Gasteiger partial charge in [0.2, 0.25) is 0 Å². The first-order chi connectivity index (χ1) is 39.6. The molecular weight excluding hydrogens is 1120 g/mol. The van der Waals surface area contributed by atoms with Gasteiger partial charge < -0.3 is 134 Å². The smallest absolute Gasteiger partial charge is 0.187 e. The van der Waals surface area contributed by atoms with E-state index in [2.05, 4.69) is 20.8 Å². The maximum atomic E-state index is 12.3. The summed E-state index contributed by atoms with van der Waals surface area (Å²) in [5.74, 6) is -0.644. The summed E-state index contributed by atoms with van der Waals surface area (Å²) in [5, 5.41) is 174. The van der Waals surface area contributed by atoms with E-state index in [1.807, 2.05) is 6.92 Å². The van der Waals surface area contributed by atoms with Crippen LogP contribution in [0.5, 0.6) is 0 Å². The van der Waals surface area contributed by atoms with E-state index >= 15 is 0 Å². The average molecular weight is 1210 g/mol. The van der Waals surface area contributed by atoms with Crippen molar-refractivity contribution >= 4 is 0 Å². The normalized spacial score (nSPS) is 57.2. The lowest BCUT2D eigenvalue weighted by Crippen LogP contribution is -2.67. The Morgan fingerprint density at radius 1 is 0.512 bits per heavy atom. The van der Waals surface area contributed by atoms with Gasteiger partial charge in [0.15, 0.2) is 37.2 Å². The second-order valence-electron chi connectivity index (χ2n) is 27.2. The van der Waals surface area contributed by atoms with E-state index < -0.39 is 185 Å². The lowest BCUT2D eigenvalue weighted by atomic mass is 9.44. The maximum Gasteiger partial charge on any atom is 0.187 e. The molecule has 6 aliphatic heterocycles. The Bertz CT molecular complexity index is 2170. The quantitative estimate of drug-likeness (QED) is 0.0654. The van der Waals surface area contributed by atoms with Crippen molar-refractivity contribution in [2.75, 3.05) is 19.8 Å².